The SMILES string of the molecule is CCc1cc2nc(CC)c(C)c([O])c2cc1Oc1ccc(OC(F)(F)F)cc1. The van der Waals surface area contributed by atoms with E-state index < -0.39 is 6.36 Å². The summed E-state index contributed by atoms with van der Waals surface area (Å²) in [6.45, 7) is 5.65. The van der Waals surface area contributed by atoms with Gasteiger partial charge in [0.15, 0.2) is 5.75 Å². The lowest BCUT2D eigenvalue weighted by atomic mass is 10.0. The van der Waals surface area contributed by atoms with Crippen molar-refractivity contribution in [2.75, 3.05) is 0 Å². The van der Waals surface area contributed by atoms with Gasteiger partial charge in [-0.05, 0) is 61.7 Å². The molecule has 1 radical (unpaired) electrons. The number of pyridine rings is 1. The van der Waals surface area contributed by atoms with Crippen molar-refractivity contribution < 1.29 is 27.8 Å². The van der Waals surface area contributed by atoms with Gasteiger partial charge in [0, 0.05) is 11.3 Å². The van der Waals surface area contributed by atoms with E-state index in [-0.39, 0.29) is 11.5 Å². The minimum atomic E-state index is -4.75. The summed E-state index contributed by atoms with van der Waals surface area (Å²) in [6.07, 6.45) is -3.43. The number of hydrogen-bond acceptors (Lipinski definition) is 3. The fourth-order valence-electron chi connectivity index (χ4n) is 3.00. The molecule has 0 saturated carbocycles. The van der Waals surface area contributed by atoms with Gasteiger partial charge in [-0.25, -0.2) is 0 Å². The zero-order valence-corrected chi connectivity index (χ0v) is 15.7. The normalized spacial score (nSPS) is 11.6. The standard InChI is InChI=1S/C21H19F3NO3/c1-4-13-10-18-16(20(26)12(3)17(5-2)25-18)11-19(13)27-14-6-8-15(9-7-14)28-21(22,23)24/h6-11H,4-5H2,1-3H3. The summed E-state index contributed by atoms with van der Waals surface area (Å²) in [5.41, 5.74) is 2.85. The van der Waals surface area contributed by atoms with E-state index in [9.17, 15) is 18.3 Å². The molecule has 0 amide bonds. The summed E-state index contributed by atoms with van der Waals surface area (Å²) >= 11 is 0. The van der Waals surface area contributed by atoms with Crippen molar-refractivity contribution in [3.8, 4) is 23.0 Å². The van der Waals surface area contributed by atoms with E-state index >= 15 is 0 Å². The molecule has 0 atom stereocenters. The average Bonchev–Trinajstić information content (AvgIpc) is 2.65. The number of rotatable bonds is 5. The number of nitrogens with zero attached hydrogens (tertiary/aromatic N) is 1. The van der Waals surface area contributed by atoms with Crippen molar-refractivity contribution in [1.29, 1.82) is 0 Å². The van der Waals surface area contributed by atoms with Crippen LogP contribution in [-0.4, -0.2) is 11.3 Å². The maximum atomic E-state index is 12.7. The largest absolute Gasteiger partial charge is 0.573 e. The Morgan fingerprint density at radius 2 is 1.64 bits per heavy atom. The number of benzene rings is 2. The highest BCUT2D eigenvalue weighted by atomic mass is 19.4. The maximum absolute atomic E-state index is 12.7. The van der Waals surface area contributed by atoms with Crippen LogP contribution in [0.25, 0.3) is 10.9 Å². The summed E-state index contributed by atoms with van der Waals surface area (Å²) in [5, 5.41) is 13.1. The molecule has 1 heterocycles. The fourth-order valence-corrected chi connectivity index (χ4v) is 3.00. The van der Waals surface area contributed by atoms with Crippen molar-refractivity contribution in [1.82, 2.24) is 4.98 Å². The van der Waals surface area contributed by atoms with Crippen molar-refractivity contribution in [2.45, 2.75) is 40.0 Å². The zero-order valence-electron chi connectivity index (χ0n) is 15.7. The molecule has 7 heteroatoms. The maximum Gasteiger partial charge on any atom is 0.573 e. The van der Waals surface area contributed by atoms with Crippen molar-refractivity contribution in [2.24, 2.45) is 0 Å². The average molecular weight is 390 g/mol. The quantitative estimate of drug-likeness (QED) is 0.499. The van der Waals surface area contributed by atoms with E-state index in [0.29, 0.717) is 40.8 Å². The number of aromatic nitrogens is 1. The summed E-state index contributed by atoms with van der Waals surface area (Å²) in [6, 6.07) is 8.59. The molecule has 0 spiro atoms. The first-order valence-corrected chi connectivity index (χ1v) is 8.88. The third-order valence-corrected chi connectivity index (χ3v) is 4.45. The lowest BCUT2D eigenvalue weighted by Gasteiger charge is -2.14. The zero-order chi connectivity index (χ0) is 20.5. The molecule has 4 nitrogen and oxygen atoms in total. The van der Waals surface area contributed by atoms with Crippen LogP contribution in [0.15, 0.2) is 36.4 Å². The number of aryl methyl sites for hydroxylation is 2. The second kappa shape index (κ2) is 7.58. The Morgan fingerprint density at radius 3 is 2.21 bits per heavy atom. The number of halogens is 3. The summed E-state index contributed by atoms with van der Waals surface area (Å²) in [4.78, 5) is 4.58. The Kier molecular flexibility index (Phi) is 5.36. The number of ether oxygens (including phenoxy) is 2. The van der Waals surface area contributed by atoms with E-state index in [1.807, 2.05) is 19.9 Å². The van der Waals surface area contributed by atoms with Crippen molar-refractivity contribution in [3.05, 3.63) is 53.2 Å². The molecule has 0 saturated heterocycles. The van der Waals surface area contributed by atoms with E-state index in [1.165, 1.54) is 24.3 Å². The van der Waals surface area contributed by atoms with Crippen LogP contribution in [0.5, 0.6) is 23.0 Å². The molecule has 0 N–H and O–H groups in total. The molecule has 3 rings (SSSR count). The minimum absolute atomic E-state index is 0.0942. The van der Waals surface area contributed by atoms with Gasteiger partial charge < -0.3 is 9.47 Å². The number of alkyl halides is 3. The molecular weight excluding hydrogens is 371 g/mol. The Hall–Kier alpha value is -2.96. The van der Waals surface area contributed by atoms with Crippen molar-refractivity contribution in [3.63, 3.8) is 0 Å². The van der Waals surface area contributed by atoms with Gasteiger partial charge in [-0.2, -0.15) is 0 Å². The van der Waals surface area contributed by atoms with Gasteiger partial charge in [0.25, 0.3) is 0 Å². The van der Waals surface area contributed by atoms with Gasteiger partial charge in [-0.3, -0.25) is 10.1 Å². The first-order chi connectivity index (χ1) is 13.2. The molecular formula is C21H19F3NO3. The molecule has 0 bridgehead atoms. The predicted molar refractivity (Wildman–Crippen MR) is 98.6 cm³/mol. The summed E-state index contributed by atoms with van der Waals surface area (Å²) < 4.78 is 46.5. The van der Waals surface area contributed by atoms with E-state index in [4.69, 9.17) is 4.74 Å². The molecule has 1 aromatic heterocycles. The van der Waals surface area contributed by atoms with Gasteiger partial charge in [0.05, 0.1) is 10.9 Å². The Bertz CT molecular complexity index is 999. The molecule has 3 aromatic rings. The Balaban J connectivity index is 1.97. The highest BCUT2D eigenvalue weighted by molar-refractivity contribution is 5.88. The van der Waals surface area contributed by atoms with Gasteiger partial charge >= 0.3 is 6.36 Å². The third-order valence-electron chi connectivity index (χ3n) is 4.45. The van der Waals surface area contributed by atoms with Gasteiger partial charge in [0.2, 0.25) is 0 Å². The van der Waals surface area contributed by atoms with Crippen molar-refractivity contribution >= 4 is 10.9 Å². The Labute approximate surface area is 160 Å². The monoisotopic (exact) mass is 390 g/mol. The second-order valence-corrected chi connectivity index (χ2v) is 6.32. The predicted octanol–water partition coefficient (Wildman–Crippen LogP) is 6.50. The van der Waals surface area contributed by atoms with Crippen LogP contribution in [-0.2, 0) is 17.9 Å². The summed E-state index contributed by atoms with van der Waals surface area (Å²) in [5.74, 6) is 0.388. The van der Waals surface area contributed by atoms with Crippen LogP contribution in [0.4, 0.5) is 13.2 Å². The topological polar surface area (TPSA) is 51.2 Å². The molecule has 0 unspecified atom stereocenters. The minimum Gasteiger partial charge on any atom is -0.457 e. The first kappa shape index (κ1) is 19.8. The smallest absolute Gasteiger partial charge is 0.457 e. The fraction of sp³-hybridized carbons (Fsp3) is 0.286. The van der Waals surface area contributed by atoms with Gasteiger partial charge in [0.1, 0.15) is 17.2 Å². The Morgan fingerprint density at radius 1 is 1.00 bits per heavy atom. The molecule has 28 heavy (non-hydrogen) atoms. The summed E-state index contributed by atoms with van der Waals surface area (Å²) in [7, 11) is 0. The van der Waals surface area contributed by atoms with Gasteiger partial charge in [-0.1, -0.05) is 13.8 Å². The van der Waals surface area contributed by atoms with Crippen LogP contribution in [0.2, 0.25) is 0 Å². The second-order valence-electron chi connectivity index (χ2n) is 6.32. The number of fused-ring (bicyclic) bond motifs is 1. The van der Waals surface area contributed by atoms with E-state index in [1.54, 1.807) is 13.0 Å². The third kappa shape index (κ3) is 4.13. The van der Waals surface area contributed by atoms with Crippen LogP contribution in [0.3, 0.4) is 0 Å². The first-order valence-electron chi connectivity index (χ1n) is 8.88. The molecule has 0 aliphatic carbocycles. The van der Waals surface area contributed by atoms with E-state index in [2.05, 4.69) is 9.72 Å². The molecule has 147 valence electrons. The lowest BCUT2D eigenvalue weighted by Crippen LogP contribution is -2.16. The van der Waals surface area contributed by atoms with Crippen LogP contribution in [0, 0.1) is 6.92 Å². The molecule has 0 aliphatic rings. The van der Waals surface area contributed by atoms with E-state index in [0.717, 1.165) is 11.3 Å². The molecule has 0 fully saturated rings. The lowest BCUT2D eigenvalue weighted by molar-refractivity contribution is -0.274. The van der Waals surface area contributed by atoms with Crippen LogP contribution in [0.1, 0.15) is 30.7 Å². The highest BCUT2D eigenvalue weighted by Gasteiger charge is 2.31. The highest BCUT2D eigenvalue weighted by Crippen LogP contribution is 2.37. The van der Waals surface area contributed by atoms with Crippen LogP contribution < -0.4 is 9.47 Å². The molecule has 2 aromatic carbocycles. The number of hydrogen-bond donors (Lipinski definition) is 0. The van der Waals surface area contributed by atoms with Crippen LogP contribution >= 0.6 is 0 Å². The molecule has 0 aliphatic heterocycles. The van der Waals surface area contributed by atoms with Gasteiger partial charge in [-0.15, -0.1) is 13.2 Å².